The number of methoxy groups -OCH3 is 2. The summed E-state index contributed by atoms with van der Waals surface area (Å²) >= 11 is 0. The topological polar surface area (TPSA) is 94.8 Å². The molecule has 2 rings (SSSR count). The molecule has 29 heavy (non-hydrogen) atoms. The lowest BCUT2D eigenvalue weighted by Gasteiger charge is -2.38. The Morgan fingerprint density at radius 3 is 2.52 bits per heavy atom. The van der Waals surface area contributed by atoms with E-state index >= 15 is 0 Å². The van der Waals surface area contributed by atoms with Crippen LogP contribution in [0, 0.1) is 16.0 Å². The molecule has 0 aliphatic heterocycles. The van der Waals surface area contributed by atoms with Crippen molar-refractivity contribution in [2.75, 3.05) is 25.7 Å². The second-order valence-electron chi connectivity index (χ2n) is 7.89. The summed E-state index contributed by atoms with van der Waals surface area (Å²) in [7, 11) is 3.02. The molecule has 1 fully saturated rings. The van der Waals surface area contributed by atoms with Gasteiger partial charge < -0.3 is 14.4 Å². The zero-order chi connectivity index (χ0) is 21.6. The largest absolute Gasteiger partial charge is 0.466 e. The van der Waals surface area contributed by atoms with Crippen molar-refractivity contribution in [3.63, 3.8) is 0 Å². The van der Waals surface area contributed by atoms with E-state index in [0.29, 0.717) is 29.4 Å². The van der Waals surface area contributed by atoms with Gasteiger partial charge in [0.25, 0.3) is 0 Å². The van der Waals surface area contributed by atoms with Crippen LogP contribution in [0.4, 0.5) is 11.5 Å². The summed E-state index contributed by atoms with van der Waals surface area (Å²) in [6, 6.07) is 1.68. The van der Waals surface area contributed by atoms with Gasteiger partial charge in [-0.2, -0.15) is 0 Å². The molecule has 1 saturated carbocycles. The van der Waals surface area contributed by atoms with Crippen LogP contribution in [-0.2, 0) is 14.3 Å². The number of hydrogen-bond donors (Lipinski definition) is 0. The molecule has 1 aromatic rings. The van der Waals surface area contributed by atoms with Crippen LogP contribution in [0.5, 0.6) is 0 Å². The minimum atomic E-state index is -0.509. The number of nitrogens with zero attached hydrogens (tertiary/aromatic N) is 3. The van der Waals surface area contributed by atoms with Gasteiger partial charge in [-0.3, -0.25) is 10.1 Å². The van der Waals surface area contributed by atoms with E-state index in [0.717, 1.165) is 25.7 Å². The SMILES string of the molecule is COC(=O)/C=C(\C)c1cnc(N(CC(C)C)[C@H]2CC[C@@H](OC)CC2)c([N+](=O)[O-])c1. The Balaban J connectivity index is 2.41. The van der Waals surface area contributed by atoms with E-state index in [4.69, 9.17) is 4.74 Å². The number of carbonyl (C=O) groups excluding carboxylic acids is 1. The average molecular weight is 405 g/mol. The summed E-state index contributed by atoms with van der Waals surface area (Å²) < 4.78 is 10.1. The first-order valence-corrected chi connectivity index (χ1v) is 9.97. The fraction of sp³-hybridized carbons (Fsp3) is 0.619. The summed E-state index contributed by atoms with van der Waals surface area (Å²) in [5, 5.41) is 11.9. The Morgan fingerprint density at radius 2 is 2.00 bits per heavy atom. The highest BCUT2D eigenvalue weighted by Crippen LogP contribution is 2.34. The number of esters is 1. The van der Waals surface area contributed by atoms with Crippen molar-refractivity contribution in [1.29, 1.82) is 0 Å². The Morgan fingerprint density at radius 1 is 1.34 bits per heavy atom. The first-order chi connectivity index (χ1) is 13.8. The standard InChI is InChI=1S/C21H31N3O5/c1-14(2)13-23(17-6-8-18(28-4)9-7-17)21-19(24(26)27)11-16(12-22-21)15(3)10-20(25)29-5/h10-12,14,17-18H,6-9,13H2,1-5H3/b15-10+/t17-,18+. The van der Waals surface area contributed by atoms with Crippen LogP contribution in [0.25, 0.3) is 5.57 Å². The smallest absolute Gasteiger partial charge is 0.330 e. The number of aromatic nitrogens is 1. The molecule has 0 amide bonds. The lowest BCUT2D eigenvalue weighted by Crippen LogP contribution is -2.42. The van der Waals surface area contributed by atoms with E-state index in [1.807, 2.05) is 0 Å². The molecule has 0 radical (unpaired) electrons. The van der Waals surface area contributed by atoms with Gasteiger partial charge in [-0.05, 0) is 44.1 Å². The lowest BCUT2D eigenvalue weighted by molar-refractivity contribution is -0.384. The van der Waals surface area contributed by atoms with Crippen molar-refractivity contribution >= 4 is 23.0 Å². The Kier molecular flexibility index (Phi) is 8.13. The zero-order valence-corrected chi connectivity index (χ0v) is 17.9. The molecule has 0 bridgehead atoms. The second kappa shape index (κ2) is 10.3. The van der Waals surface area contributed by atoms with Crippen LogP contribution < -0.4 is 4.90 Å². The molecule has 8 heteroatoms. The van der Waals surface area contributed by atoms with Crippen LogP contribution in [0.3, 0.4) is 0 Å². The van der Waals surface area contributed by atoms with E-state index in [1.54, 1.807) is 20.2 Å². The molecule has 0 aromatic carbocycles. The van der Waals surface area contributed by atoms with Crippen molar-refractivity contribution in [3.05, 3.63) is 34.0 Å². The van der Waals surface area contributed by atoms with E-state index in [-0.39, 0.29) is 17.8 Å². The predicted octanol–water partition coefficient (Wildman–Crippen LogP) is 3.99. The highest BCUT2D eigenvalue weighted by molar-refractivity contribution is 5.91. The summed E-state index contributed by atoms with van der Waals surface area (Å²) in [5.41, 5.74) is 1.04. The molecule has 0 atom stereocenters. The van der Waals surface area contributed by atoms with Crippen LogP contribution in [0.15, 0.2) is 18.3 Å². The Bertz CT molecular complexity index is 755. The first-order valence-electron chi connectivity index (χ1n) is 9.97. The number of carbonyl (C=O) groups is 1. The van der Waals surface area contributed by atoms with Crippen LogP contribution in [0.1, 0.15) is 52.0 Å². The molecule has 1 aromatic heterocycles. The molecule has 0 N–H and O–H groups in total. The molecule has 1 aliphatic rings. The van der Waals surface area contributed by atoms with Gasteiger partial charge in [-0.25, -0.2) is 9.78 Å². The third-order valence-corrected chi connectivity index (χ3v) is 5.29. The van der Waals surface area contributed by atoms with E-state index in [9.17, 15) is 14.9 Å². The van der Waals surface area contributed by atoms with E-state index in [1.165, 1.54) is 19.3 Å². The molecule has 0 spiro atoms. The predicted molar refractivity (Wildman–Crippen MR) is 112 cm³/mol. The molecular formula is C21H31N3O5. The third kappa shape index (κ3) is 6.00. The van der Waals surface area contributed by atoms with Crippen molar-refractivity contribution < 1.29 is 19.2 Å². The molecule has 160 valence electrons. The maximum Gasteiger partial charge on any atom is 0.330 e. The molecular weight excluding hydrogens is 374 g/mol. The highest BCUT2D eigenvalue weighted by Gasteiger charge is 2.31. The minimum absolute atomic E-state index is 0.0466. The number of rotatable bonds is 8. The van der Waals surface area contributed by atoms with E-state index in [2.05, 4.69) is 28.5 Å². The molecule has 8 nitrogen and oxygen atoms in total. The molecule has 1 heterocycles. The Labute approximate surface area is 172 Å². The molecule has 0 saturated heterocycles. The lowest BCUT2D eigenvalue weighted by atomic mass is 9.91. The summed E-state index contributed by atoms with van der Waals surface area (Å²) in [6.45, 7) is 6.58. The molecule has 1 aliphatic carbocycles. The zero-order valence-electron chi connectivity index (χ0n) is 17.9. The van der Waals surface area contributed by atoms with Crippen molar-refractivity contribution in [2.45, 2.75) is 58.6 Å². The van der Waals surface area contributed by atoms with Gasteiger partial charge in [0.05, 0.1) is 18.1 Å². The summed E-state index contributed by atoms with van der Waals surface area (Å²) in [4.78, 5) is 29.5. The number of hydrogen-bond acceptors (Lipinski definition) is 7. The fourth-order valence-electron chi connectivity index (χ4n) is 3.73. The van der Waals surface area contributed by atoms with Crippen LogP contribution in [0.2, 0.25) is 0 Å². The van der Waals surface area contributed by atoms with Crippen LogP contribution >= 0.6 is 0 Å². The fourth-order valence-corrected chi connectivity index (χ4v) is 3.73. The average Bonchev–Trinajstić information content (AvgIpc) is 2.71. The van der Waals surface area contributed by atoms with Crippen molar-refractivity contribution in [2.24, 2.45) is 5.92 Å². The second-order valence-corrected chi connectivity index (χ2v) is 7.89. The normalized spacial score (nSPS) is 19.9. The van der Waals surface area contributed by atoms with Crippen molar-refractivity contribution in [3.8, 4) is 0 Å². The number of pyridine rings is 1. The van der Waals surface area contributed by atoms with Gasteiger partial charge in [0, 0.05) is 43.6 Å². The van der Waals surface area contributed by atoms with Gasteiger partial charge in [0.15, 0.2) is 0 Å². The Hall–Kier alpha value is -2.48. The number of allylic oxidation sites excluding steroid dienone is 1. The van der Waals surface area contributed by atoms with E-state index < -0.39 is 10.9 Å². The highest BCUT2D eigenvalue weighted by atomic mass is 16.6. The van der Waals surface area contributed by atoms with Gasteiger partial charge >= 0.3 is 11.7 Å². The van der Waals surface area contributed by atoms with Gasteiger partial charge in [-0.1, -0.05) is 13.8 Å². The quantitative estimate of drug-likeness (QED) is 0.279. The monoisotopic (exact) mass is 405 g/mol. The van der Waals surface area contributed by atoms with Gasteiger partial charge in [0.2, 0.25) is 5.82 Å². The van der Waals surface area contributed by atoms with Gasteiger partial charge in [-0.15, -0.1) is 0 Å². The van der Waals surface area contributed by atoms with Crippen molar-refractivity contribution in [1.82, 2.24) is 4.98 Å². The third-order valence-electron chi connectivity index (χ3n) is 5.29. The maximum atomic E-state index is 11.9. The number of ether oxygens (including phenoxy) is 2. The minimum Gasteiger partial charge on any atom is -0.466 e. The summed E-state index contributed by atoms with van der Waals surface area (Å²) in [6.07, 6.45) is 6.83. The molecule has 0 unspecified atom stereocenters. The van der Waals surface area contributed by atoms with Gasteiger partial charge in [0.1, 0.15) is 0 Å². The first kappa shape index (κ1) is 22.8. The maximum absolute atomic E-state index is 11.9. The number of anilines is 1. The van der Waals surface area contributed by atoms with Crippen LogP contribution in [-0.4, -0.2) is 48.8 Å². The summed E-state index contributed by atoms with van der Waals surface area (Å²) in [5.74, 6) is 0.210. The number of nitro groups is 1.